The van der Waals surface area contributed by atoms with Crippen LogP contribution in [0.25, 0.3) is 0 Å². The lowest BCUT2D eigenvalue weighted by atomic mass is 9.80. The van der Waals surface area contributed by atoms with E-state index in [1.54, 1.807) is 12.1 Å². The van der Waals surface area contributed by atoms with Gasteiger partial charge in [-0.15, -0.1) is 6.58 Å². The molecule has 0 bridgehead atoms. The summed E-state index contributed by atoms with van der Waals surface area (Å²) in [6, 6.07) is 4.37. The Bertz CT molecular complexity index is 659. The first-order valence-corrected chi connectivity index (χ1v) is 6.20. The van der Waals surface area contributed by atoms with Gasteiger partial charge in [0.2, 0.25) is 0 Å². The SMILES string of the molecule is C=CCC(C#N)(C#N)Cc1ccc(C(F)(F)F)cc1C(F)(F)F. The normalized spacial score (nSPS) is 12.3. The van der Waals surface area contributed by atoms with Gasteiger partial charge >= 0.3 is 12.4 Å². The average Bonchev–Trinajstić information content (AvgIpc) is 2.44. The van der Waals surface area contributed by atoms with Gasteiger partial charge in [-0.1, -0.05) is 12.1 Å². The van der Waals surface area contributed by atoms with Crippen molar-refractivity contribution >= 4 is 0 Å². The van der Waals surface area contributed by atoms with Crippen LogP contribution in [0.1, 0.15) is 23.1 Å². The van der Waals surface area contributed by atoms with E-state index in [9.17, 15) is 26.3 Å². The van der Waals surface area contributed by atoms with Gasteiger partial charge < -0.3 is 0 Å². The molecule has 0 aliphatic rings. The van der Waals surface area contributed by atoms with E-state index in [0.717, 1.165) is 0 Å². The maximum absolute atomic E-state index is 13.0. The molecule has 23 heavy (non-hydrogen) atoms. The number of rotatable bonds is 4. The number of halogens is 6. The number of nitriles is 2. The first-order valence-electron chi connectivity index (χ1n) is 6.20. The zero-order chi connectivity index (χ0) is 17.9. The molecule has 0 unspecified atom stereocenters. The lowest BCUT2D eigenvalue weighted by molar-refractivity contribution is -0.143. The van der Waals surface area contributed by atoms with Crippen molar-refractivity contribution in [2.45, 2.75) is 25.2 Å². The van der Waals surface area contributed by atoms with Crippen molar-refractivity contribution in [1.29, 1.82) is 10.5 Å². The zero-order valence-electron chi connectivity index (χ0n) is 11.6. The Kier molecular flexibility index (Phi) is 5.11. The monoisotopic (exact) mass is 332 g/mol. The molecule has 1 aromatic rings. The maximum Gasteiger partial charge on any atom is 0.416 e. The highest BCUT2D eigenvalue weighted by atomic mass is 19.4. The molecule has 122 valence electrons. The highest BCUT2D eigenvalue weighted by molar-refractivity contribution is 5.38. The van der Waals surface area contributed by atoms with Crippen molar-refractivity contribution < 1.29 is 26.3 Å². The van der Waals surface area contributed by atoms with Crippen LogP contribution in [0.4, 0.5) is 26.3 Å². The summed E-state index contributed by atoms with van der Waals surface area (Å²) in [4.78, 5) is 0. The van der Waals surface area contributed by atoms with Gasteiger partial charge in [-0.25, -0.2) is 0 Å². The first-order chi connectivity index (χ1) is 10.5. The molecule has 0 aliphatic carbocycles. The smallest absolute Gasteiger partial charge is 0.197 e. The van der Waals surface area contributed by atoms with Gasteiger partial charge in [0, 0.05) is 6.42 Å². The van der Waals surface area contributed by atoms with Crippen LogP contribution in [0.5, 0.6) is 0 Å². The fourth-order valence-corrected chi connectivity index (χ4v) is 2.01. The molecule has 0 aromatic heterocycles. The first kappa shape index (κ1) is 18.6. The third kappa shape index (κ3) is 4.26. The summed E-state index contributed by atoms with van der Waals surface area (Å²) in [6.45, 7) is 3.33. The standard InChI is InChI=1S/C15H10F6N2/c1-2-5-13(8-22,9-23)7-10-3-4-11(14(16,17)18)6-12(10)15(19,20)21/h2-4,6H,1,5,7H2. The summed E-state index contributed by atoms with van der Waals surface area (Å²) < 4.78 is 76.9. The van der Waals surface area contributed by atoms with Crippen LogP contribution in [0.15, 0.2) is 30.9 Å². The Hall–Kier alpha value is -2.48. The van der Waals surface area contributed by atoms with Gasteiger partial charge in [0.25, 0.3) is 0 Å². The van der Waals surface area contributed by atoms with E-state index in [0.29, 0.717) is 12.1 Å². The summed E-state index contributed by atoms with van der Waals surface area (Å²) in [5, 5.41) is 18.1. The number of hydrogen-bond acceptors (Lipinski definition) is 2. The Balaban J connectivity index is 3.46. The molecule has 0 fully saturated rings. The van der Waals surface area contributed by atoms with Crippen LogP contribution in [0, 0.1) is 28.1 Å². The second-order valence-electron chi connectivity index (χ2n) is 4.84. The molecular weight excluding hydrogens is 322 g/mol. The van der Waals surface area contributed by atoms with Crippen LogP contribution in [0.2, 0.25) is 0 Å². The Morgan fingerprint density at radius 1 is 1.00 bits per heavy atom. The second-order valence-corrected chi connectivity index (χ2v) is 4.84. The lowest BCUT2D eigenvalue weighted by Crippen LogP contribution is -2.22. The van der Waals surface area contributed by atoms with E-state index < -0.39 is 40.9 Å². The molecule has 2 nitrogen and oxygen atoms in total. The van der Waals surface area contributed by atoms with Gasteiger partial charge in [-0.05, 0) is 24.1 Å². The van der Waals surface area contributed by atoms with Crippen molar-refractivity contribution in [2.75, 3.05) is 0 Å². The average molecular weight is 332 g/mol. The minimum Gasteiger partial charge on any atom is -0.197 e. The highest BCUT2D eigenvalue weighted by Crippen LogP contribution is 2.39. The van der Waals surface area contributed by atoms with E-state index in [1.807, 2.05) is 0 Å². The number of alkyl halides is 6. The predicted octanol–water partition coefficient (Wildman–Crippen LogP) is 4.88. The topological polar surface area (TPSA) is 47.6 Å². The predicted molar refractivity (Wildman–Crippen MR) is 68.6 cm³/mol. The van der Waals surface area contributed by atoms with E-state index in [1.165, 1.54) is 6.08 Å². The summed E-state index contributed by atoms with van der Waals surface area (Å²) in [5.74, 6) is 0. The van der Waals surface area contributed by atoms with Crippen molar-refractivity contribution in [2.24, 2.45) is 5.41 Å². The molecule has 0 heterocycles. The van der Waals surface area contributed by atoms with E-state index in [2.05, 4.69) is 6.58 Å². The summed E-state index contributed by atoms with van der Waals surface area (Å²) in [5.41, 5.74) is -5.32. The fourth-order valence-electron chi connectivity index (χ4n) is 2.01. The number of hydrogen-bond donors (Lipinski definition) is 0. The second kappa shape index (κ2) is 6.33. The molecule has 1 rings (SSSR count). The highest BCUT2D eigenvalue weighted by Gasteiger charge is 2.40. The van der Waals surface area contributed by atoms with Gasteiger partial charge in [-0.2, -0.15) is 36.9 Å². The molecule has 0 amide bonds. The molecule has 0 aliphatic heterocycles. The number of allylic oxidation sites excluding steroid dienone is 1. The summed E-state index contributed by atoms with van der Waals surface area (Å²) >= 11 is 0. The Morgan fingerprint density at radius 3 is 1.96 bits per heavy atom. The minimum absolute atomic E-state index is 0.0112. The Morgan fingerprint density at radius 2 is 1.57 bits per heavy atom. The van der Waals surface area contributed by atoms with Crippen LogP contribution in [-0.4, -0.2) is 0 Å². The molecular formula is C15H10F6N2. The van der Waals surface area contributed by atoms with Gasteiger partial charge in [0.15, 0.2) is 5.41 Å². The van der Waals surface area contributed by atoms with Gasteiger partial charge in [0.05, 0.1) is 23.3 Å². The molecule has 0 saturated heterocycles. The maximum atomic E-state index is 13.0. The van der Waals surface area contributed by atoms with Crippen molar-refractivity contribution in [3.05, 3.63) is 47.5 Å². The molecule has 8 heteroatoms. The van der Waals surface area contributed by atoms with E-state index in [4.69, 9.17) is 10.5 Å². The van der Waals surface area contributed by atoms with Crippen LogP contribution in [-0.2, 0) is 18.8 Å². The molecule has 1 aromatic carbocycles. The third-order valence-corrected chi connectivity index (χ3v) is 3.16. The van der Waals surface area contributed by atoms with Gasteiger partial charge in [-0.3, -0.25) is 0 Å². The van der Waals surface area contributed by atoms with Crippen LogP contribution < -0.4 is 0 Å². The Labute approximate surface area is 128 Å². The zero-order valence-corrected chi connectivity index (χ0v) is 11.6. The van der Waals surface area contributed by atoms with Crippen molar-refractivity contribution in [3.8, 4) is 12.1 Å². The molecule has 0 radical (unpaired) electrons. The van der Waals surface area contributed by atoms with Crippen LogP contribution in [0.3, 0.4) is 0 Å². The van der Waals surface area contributed by atoms with Crippen molar-refractivity contribution in [1.82, 2.24) is 0 Å². The summed E-state index contributed by atoms with van der Waals surface area (Å²) in [6.07, 6.45) is -9.64. The molecule has 0 spiro atoms. The third-order valence-electron chi connectivity index (χ3n) is 3.16. The minimum atomic E-state index is -5.04. The summed E-state index contributed by atoms with van der Waals surface area (Å²) in [7, 11) is 0. The van der Waals surface area contributed by atoms with E-state index >= 15 is 0 Å². The van der Waals surface area contributed by atoms with E-state index in [-0.39, 0.29) is 12.5 Å². The quantitative estimate of drug-likeness (QED) is 0.583. The largest absolute Gasteiger partial charge is 0.416 e. The van der Waals surface area contributed by atoms with Crippen molar-refractivity contribution in [3.63, 3.8) is 0 Å². The van der Waals surface area contributed by atoms with Gasteiger partial charge in [0.1, 0.15) is 0 Å². The molecule has 0 atom stereocenters. The number of benzene rings is 1. The lowest BCUT2D eigenvalue weighted by Gasteiger charge is -2.21. The van der Waals surface area contributed by atoms with Crippen LogP contribution >= 0.6 is 0 Å². The number of nitrogens with zero attached hydrogens (tertiary/aromatic N) is 2. The fraction of sp³-hybridized carbons (Fsp3) is 0.333. The molecule has 0 saturated carbocycles. The molecule has 0 N–H and O–H groups in total.